The van der Waals surface area contributed by atoms with Gasteiger partial charge in [-0.3, -0.25) is 0 Å². The van der Waals surface area contributed by atoms with E-state index in [9.17, 15) is 13.2 Å². The molecule has 0 spiro atoms. The Morgan fingerprint density at radius 1 is 1.41 bits per heavy atom. The Morgan fingerprint density at radius 3 is 2.68 bits per heavy atom. The van der Waals surface area contributed by atoms with Crippen LogP contribution >= 0.6 is 0 Å². The summed E-state index contributed by atoms with van der Waals surface area (Å²) in [6.45, 7) is 3.10. The molecule has 1 aromatic carbocycles. The summed E-state index contributed by atoms with van der Waals surface area (Å²) in [5.41, 5.74) is 5.85. The van der Waals surface area contributed by atoms with Crippen LogP contribution in [-0.2, 0) is 19.5 Å². The summed E-state index contributed by atoms with van der Waals surface area (Å²) in [4.78, 5) is 11.7. The van der Waals surface area contributed by atoms with Crippen LogP contribution in [0.5, 0.6) is 0 Å². The minimum Gasteiger partial charge on any atom is -0.462 e. The molecular formula is C14H20N2O5S. The second kappa shape index (κ2) is 7.19. The van der Waals surface area contributed by atoms with Crippen LogP contribution in [0.1, 0.15) is 17.3 Å². The molecule has 1 aromatic rings. The molecule has 2 rings (SSSR count). The van der Waals surface area contributed by atoms with Gasteiger partial charge in [0.2, 0.25) is 10.0 Å². The fourth-order valence-electron chi connectivity index (χ4n) is 2.18. The highest BCUT2D eigenvalue weighted by Gasteiger charge is 2.30. The number of hydrogen-bond donors (Lipinski definition) is 1. The van der Waals surface area contributed by atoms with Gasteiger partial charge in [0, 0.05) is 19.6 Å². The van der Waals surface area contributed by atoms with Gasteiger partial charge in [-0.1, -0.05) is 0 Å². The second-order valence-electron chi connectivity index (χ2n) is 4.84. The molecule has 8 heteroatoms. The van der Waals surface area contributed by atoms with Gasteiger partial charge in [-0.05, 0) is 31.2 Å². The molecule has 1 heterocycles. The van der Waals surface area contributed by atoms with Crippen molar-refractivity contribution in [1.82, 2.24) is 4.31 Å². The zero-order valence-electron chi connectivity index (χ0n) is 12.4. The summed E-state index contributed by atoms with van der Waals surface area (Å²) in [6.07, 6.45) is -0.290. The number of ether oxygens (including phenoxy) is 2. The molecule has 7 nitrogen and oxygen atoms in total. The van der Waals surface area contributed by atoms with Gasteiger partial charge in [-0.25, -0.2) is 13.2 Å². The van der Waals surface area contributed by atoms with Gasteiger partial charge in [0.05, 0.1) is 29.8 Å². The van der Waals surface area contributed by atoms with Gasteiger partial charge in [0.15, 0.2) is 0 Å². The Labute approximate surface area is 130 Å². The maximum absolute atomic E-state index is 12.6. The number of hydrogen-bond acceptors (Lipinski definition) is 6. The molecule has 1 saturated heterocycles. The van der Waals surface area contributed by atoms with Gasteiger partial charge >= 0.3 is 5.97 Å². The molecule has 122 valence electrons. The number of morpholine rings is 1. The summed E-state index contributed by atoms with van der Waals surface area (Å²) < 4.78 is 36.7. The third-order valence-electron chi connectivity index (χ3n) is 3.37. The average Bonchev–Trinajstić information content (AvgIpc) is 2.55. The molecule has 1 fully saturated rings. The van der Waals surface area contributed by atoms with Crippen LogP contribution in [0.3, 0.4) is 0 Å². The van der Waals surface area contributed by atoms with E-state index in [1.807, 2.05) is 0 Å². The predicted octanol–water partition coefficient (Wildman–Crippen LogP) is 0.212. The highest BCUT2D eigenvalue weighted by molar-refractivity contribution is 7.89. The number of esters is 1. The van der Waals surface area contributed by atoms with E-state index in [2.05, 4.69) is 0 Å². The van der Waals surface area contributed by atoms with E-state index in [0.29, 0.717) is 18.7 Å². The standard InChI is InChI=1S/C14H20N2O5S/c1-2-20-14(17)11-3-5-13(6-4-11)22(18,19)16-7-8-21-12(9-15)10-16/h3-6,12H,2,7-10,15H2,1H3. The van der Waals surface area contributed by atoms with Crippen molar-refractivity contribution in [3.63, 3.8) is 0 Å². The smallest absolute Gasteiger partial charge is 0.338 e. The lowest BCUT2D eigenvalue weighted by molar-refractivity contribution is 0.00450. The summed E-state index contributed by atoms with van der Waals surface area (Å²) in [7, 11) is -3.61. The van der Waals surface area contributed by atoms with Crippen molar-refractivity contribution in [1.29, 1.82) is 0 Å². The second-order valence-corrected chi connectivity index (χ2v) is 6.77. The van der Waals surface area contributed by atoms with Crippen molar-refractivity contribution in [2.75, 3.05) is 32.8 Å². The molecule has 1 aliphatic rings. The van der Waals surface area contributed by atoms with Crippen LogP contribution in [0.25, 0.3) is 0 Å². The number of carbonyl (C=O) groups is 1. The lowest BCUT2D eigenvalue weighted by Gasteiger charge is -2.31. The zero-order chi connectivity index (χ0) is 16.2. The van der Waals surface area contributed by atoms with Gasteiger partial charge in [0.25, 0.3) is 0 Å². The fraction of sp³-hybridized carbons (Fsp3) is 0.500. The van der Waals surface area contributed by atoms with Gasteiger partial charge in [0.1, 0.15) is 0 Å². The van der Waals surface area contributed by atoms with Crippen LogP contribution in [0, 0.1) is 0 Å². The minimum absolute atomic E-state index is 0.137. The number of carbonyl (C=O) groups excluding carboxylic acids is 1. The predicted molar refractivity (Wildman–Crippen MR) is 80.0 cm³/mol. The van der Waals surface area contributed by atoms with Crippen molar-refractivity contribution in [3.05, 3.63) is 29.8 Å². The van der Waals surface area contributed by atoms with Crippen LogP contribution in [-0.4, -0.2) is 57.6 Å². The normalized spacial score (nSPS) is 19.8. The summed E-state index contributed by atoms with van der Waals surface area (Å²) in [6, 6.07) is 5.72. The molecule has 0 aromatic heterocycles. The van der Waals surface area contributed by atoms with Gasteiger partial charge < -0.3 is 15.2 Å². The van der Waals surface area contributed by atoms with Crippen LogP contribution in [0.15, 0.2) is 29.2 Å². The van der Waals surface area contributed by atoms with Crippen molar-refractivity contribution in [3.8, 4) is 0 Å². The molecule has 0 amide bonds. The summed E-state index contributed by atoms with van der Waals surface area (Å²) in [5.74, 6) is -0.471. The van der Waals surface area contributed by atoms with Crippen molar-refractivity contribution >= 4 is 16.0 Å². The van der Waals surface area contributed by atoms with E-state index in [1.165, 1.54) is 28.6 Å². The SMILES string of the molecule is CCOC(=O)c1ccc(S(=O)(=O)N2CCOC(CN)C2)cc1. The van der Waals surface area contributed by atoms with Gasteiger partial charge in [-0.15, -0.1) is 0 Å². The zero-order valence-corrected chi connectivity index (χ0v) is 13.2. The van der Waals surface area contributed by atoms with Crippen LogP contribution in [0.2, 0.25) is 0 Å². The molecule has 0 bridgehead atoms. The molecule has 0 aliphatic carbocycles. The Morgan fingerprint density at radius 2 is 2.09 bits per heavy atom. The van der Waals surface area contributed by atoms with Crippen molar-refractivity contribution in [2.45, 2.75) is 17.9 Å². The Kier molecular flexibility index (Phi) is 5.52. The molecule has 22 heavy (non-hydrogen) atoms. The summed E-state index contributed by atoms with van der Waals surface area (Å²) >= 11 is 0. The van der Waals surface area contributed by atoms with E-state index in [0.717, 1.165) is 0 Å². The first-order chi connectivity index (χ1) is 10.5. The Balaban J connectivity index is 2.17. The molecule has 1 atom stereocenters. The first-order valence-electron chi connectivity index (χ1n) is 7.08. The fourth-order valence-corrected chi connectivity index (χ4v) is 3.64. The topological polar surface area (TPSA) is 98.9 Å². The minimum atomic E-state index is -3.61. The lowest BCUT2D eigenvalue weighted by Crippen LogP contribution is -2.48. The first-order valence-corrected chi connectivity index (χ1v) is 8.52. The van der Waals surface area contributed by atoms with Crippen LogP contribution < -0.4 is 5.73 Å². The van der Waals surface area contributed by atoms with E-state index < -0.39 is 16.0 Å². The molecule has 1 unspecified atom stereocenters. The summed E-state index contributed by atoms with van der Waals surface area (Å²) in [5, 5.41) is 0. The molecular weight excluding hydrogens is 308 g/mol. The molecule has 0 radical (unpaired) electrons. The molecule has 1 aliphatic heterocycles. The average molecular weight is 328 g/mol. The van der Waals surface area contributed by atoms with E-state index in [4.69, 9.17) is 15.2 Å². The number of nitrogens with two attached hydrogens (primary N) is 1. The van der Waals surface area contributed by atoms with E-state index in [-0.39, 0.29) is 30.7 Å². The molecule has 0 saturated carbocycles. The van der Waals surface area contributed by atoms with Crippen molar-refractivity contribution < 1.29 is 22.7 Å². The highest BCUT2D eigenvalue weighted by Crippen LogP contribution is 2.19. The highest BCUT2D eigenvalue weighted by atomic mass is 32.2. The van der Waals surface area contributed by atoms with Crippen LogP contribution in [0.4, 0.5) is 0 Å². The number of benzene rings is 1. The third kappa shape index (κ3) is 3.64. The quantitative estimate of drug-likeness (QED) is 0.776. The lowest BCUT2D eigenvalue weighted by atomic mass is 10.2. The van der Waals surface area contributed by atoms with E-state index >= 15 is 0 Å². The van der Waals surface area contributed by atoms with E-state index in [1.54, 1.807) is 6.92 Å². The third-order valence-corrected chi connectivity index (χ3v) is 5.25. The maximum atomic E-state index is 12.6. The monoisotopic (exact) mass is 328 g/mol. The maximum Gasteiger partial charge on any atom is 0.338 e. The number of rotatable bonds is 5. The molecule has 2 N–H and O–H groups in total. The largest absolute Gasteiger partial charge is 0.462 e. The van der Waals surface area contributed by atoms with Gasteiger partial charge in [-0.2, -0.15) is 4.31 Å². The number of sulfonamides is 1. The Bertz CT molecular complexity index is 615. The van der Waals surface area contributed by atoms with Crippen molar-refractivity contribution in [2.24, 2.45) is 5.73 Å². The Hall–Kier alpha value is -1.48. The number of nitrogens with zero attached hydrogens (tertiary/aromatic N) is 1. The first kappa shape index (κ1) is 16.9.